The second-order valence-electron chi connectivity index (χ2n) is 7.26. The Labute approximate surface area is 154 Å². The molecule has 0 radical (unpaired) electrons. The standard InChI is InChI=1S/C19H26N6O/c1-23(2)19-21-17-7-12-25(14-3-8-20-9-4-14)13-16(17)18(22-19)24-10-5-15(26)6-11-24/h3-4,8-9,15,26H,5-7,10-13H2,1-2H3. The molecule has 0 spiro atoms. The number of piperidine rings is 1. The van der Waals surface area contributed by atoms with Gasteiger partial charge in [-0.05, 0) is 25.0 Å². The number of hydrogen-bond acceptors (Lipinski definition) is 7. The number of hydrogen-bond donors (Lipinski definition) is 1. The zero-order valence-electron chi connectivity index (χ0n) is 15.5. The Bertz CT molecular complexity index is 758. The van der Waals surface area contributed by atoms with Gasteiger partial charge in [0.15, 0.2) is 0 Å². The van der Waals surface area contributed by atoms with Crippen molar-refractivity contribution in [2.45, 2.75) is 31.9 Å². The summed E-state index contributed by atoms with van der Waals surface area (Å²) in [6.07, 6.45) is 5.98. The van der Waals surface area contributed by atoms with E-state index in [-0.39, 0.29) is 6.10 Å². The van der Waals surface area contributed by atoms with Crippen LogP contribution in [0, 0.1) is 0 Å². The van der Waals surface area contributed by atoms with Gasteiger partial charge >= 0.3 is 0 Å². The highest BCUT2D eigenvalue weighted by Gasteiger charge is 2.28. The highest BCUT2D eigenvalue weighted by atomic mass is 16.3. The highest BCUT2D eigenvalue weighted by Crippen LogP contribution is 2.32. The molecule has 0 aromatic carbocycles. The second-order valence-corrected chi connectivity index (χ2v) is 7.26. The van der Waals surface area contributed by atoms with Crippen LogP contribution in [0.15, 0.2) is 24.5 Å². The summed E-state index contributed by atoms with van der Waals surface area (Å²) < 4.78 is 0. The Morgan fingerprint density at radius 1 is 1.04 bits per heavy atom. The van der Waals surface area contributed by atoms with E-state index in [0.29, 0.717) is 0 Å². The fourth-order valence-electron chi connectivity index (χ4n) is 3.70. The minimum atomic E-state index is -0.189. The SMILES string of the molecule is CN(C)c1nc2c(c(N3CCC(O)CC3)n1)CN(c1ccncc1)CC2. The number of pyridine rings is 1. The Morgan fingerprint density at radius 3 is 2.46 bits per heavy atom. The summed E-state index contributed by atoms with van der Waals surface area (Å²) in [4.78, 5) is 20.5. The van der Waals surface area contributed by atoms with E-state index >= 15 is 0 Å². The van der Waals surface area contributed by atoms with Gasteiger partial charge in [-0.15, -0.1) is 0 Å². The van der Waals surface area contributed by atoms with Crippen LogP contribution in [0.3, 0.4) is 0 Å². The number of fused-ring (bicyclic) bond motifs is 1. The van der Waals surface area contributed by atoms with E-state index in [1.807, 2.05) is 31.4 Å². The monoisotopic (exact) mass is 354 g/mol. The first kappa shape index (κ1) is 17.0. The van der Waals surface area contributed by atoms with Crippen LogP contribution >= 0.6 is 0 Å². The topological polar surface area (TPSA) is 68.6 Å². The van der Waals surface area contributed by atoms with Crippen LogP contribution in [0.4, 0.5) is 17.5 Å². The number of aliphatic hydroxyl groups is 1. The van der Waals surface area contributed by atoms with Gasteiger partial charge in [0.2, 0.25) is 5.95 Å². The molecule has 2 aliphatic heterocycles. The van der Waals surface area contributed by atoms with Crippen molar-refractivity contribution in [1.82, 2.24) is 15.0 Å². The minimum absolute atomic E-state index is 0.189. The van der Waals surface area contributed by atoms with Crippen molar-refractivity contribution < 1.29 is 5.11 Å². The van der Waals surface area contributed by atoms with E-state index in [1.54, 1.807) is 0 Å². The predicted molar refractivity (Wildman–Crippen MR) is 103 cm³/mol. The van der Waals surface area contributed by atoms with Gasteiger partial charge in [0.1, 0.15) is 5.82 Å². The number of rotatable bonds is 3. The van der Waals surface area contributed by atoms with E-state index in [1.165, 1.54) is 11.3 Å². The highest BCUT2D eigenvalue weighted by molar-refractivity contribution is 5.58. The molecular weight excluding hydrogens is 328 g/mol. The smallest absolute Gasteiger partial charge is 0.227 e. The van der Waals surface area contributed by atoms with Crippen LogP contribution in [0.2, 0.25) is 0 Å². The third-order valence-corrected chi connectivity index (χ3v) is 5.22. The van der Waals surface area contributed by atoms with Crippen molar-refractivity contribution in [3.63, 3.8) is 0 Å². The number of aliphatic hydroxyl groups excluding tert-OH is 1. The third kappa shape index (κ3) is 3.31. The lowest BCUT2D eigenvalue weighted by atomic mass is 10.0. The second kappa shape index (κ2) is 7.07. The van der Waals surface area contributed by atoms with E-state index in [2.05, 4.69) is 26.9 Å². The largest absolute Gasteiger partial charge is 0.393 e. The molecule has 0 saturated carbocycles. The molecule has 2 aromatic heterocycles. The molecule has 138 valence electrons. The first-order chi connectivity index (χ1) is 12.6. The Hall–Kier alpha value is -2.41. The maximum absolute atomic E-state index is 9.86. The molecule has 2 aromatic rings. The molecule has 2 aliphatic rings. The summed E-state index contributed by atoms with van der Waals surface area (Å²) in [5, 5.41) is 9.86. The summed E-state index contributed by atoms with van der Waals surface area (Å²) in [6, 6.07) is 4.11. The normalized spacial score (nSPS) is 18.0. The summed E-state index contributed by atoms with van der Waals surface area (Å²) in [5.41, 5.74) is 3.55. The van der Waals surface area contributed by atoms with E-state index in [0.717, 1.165) is 62.9 Å². The van der Waals surface area contributed by atoms with Crippen molar-refractivity contribution in [2.75, 3.05) is 48.4 Å². The van der Waals surface area contributed by atoms with Crippen LogP contribution in [-0.2, 0) is 13.0 Å². The van der Waals surface area contributed by atoms with Crippen molar-refractivity contribution in [3.05, 3.63) is 35.8 Å². The van der Waals surface area contributed by atoms with Gasteiger partial charge in [-0.1, -0.05) is 0 Å². The average Bonchev–Trinajstić information content (AvgIpc) is 2.68. The van der Waals surface area contributed by atoms with Gasteiger partial charge in [-0.3, -0.25) is 4.98 Å². The van der Waals surface area contributed by atoms with Gasteiger partial charge in [-0.2, -0.15) is 4.98 Å². The fourth-order valence-corrected chi connectivity index (χ4v) is 3.70. The average molecular weight is 354 g/mol. The quantitative estimate of drug-likeness (QED) is 0.895. The molecule has 0 atom stereocenters. The van der Waals surface area contributed by atoms with Gasteiger partial charge in [0, 0.05) is 70.3 Å². The molecule has 4 rings (SSSR count). The molecule has 0 bridgehead atoms. The molecule has 26 heavy (non-hydrogen) atoms. The fraction of sp³-hybridized carbons (Fsp3) is 0.526. The number of anilines is 3. The van der Waals surface area contributed by atoms with E-state index in [9.17, 15) is 5.11 Å². The third-order valence-electron chi connectivity index (χ3n) is 5.22. The summed E-state index contributed by atoms with van der Waals surface area (Å²) in [5.74, 6) is 1.80. The molecule has 0 amide bonds. The van der Waals surface area contributed by atoms with E-state index < -0.39 is 0 Å². The molecule has 7 nitrogen and oxygen atoms in total. The first-order valence-corrected chi connectivity index (χ1v) is 9.27. The van der Waals surface area contributed by atoms with Gasteiger partial charge in [0.25, 0.3) is 0 Å². The van der Waals surface area contributed by atoms with Gasteiger partial charge in [0.05, 0.1) is 11.8 Å². The first-order valence-electron chi connectivity index (χ1n) is 9.27. The lowest BCUT2D eigenvalue weighted by Gasteiger charge is -2.36. The molecule has 1 N–H and O–H groups in total. The molecular formula is C19H26N6O. The summed E-state index contributed by atoms with van der Waals surface area (Å²) in [7, 11) is 3.97. The maximum Gasteiger partial charge on any atom is 0.227 e. The zero-order chi connectivity index (χ0) is 18.1. The lowest BCUT2D eigenvalue weighted by Crippen LogP contribution is -2.39. The van der Waals surface area contributed by atoms with Crippen LogP contribution in [0.1, 0.15) is 24.1 Å². The van der Waals surface area contributed by atoms with Crippen LogP contribution in [0.25, 0.3) is 0 Å². The zero-order valence-corrected chi connectivity index (χ0v) is 15.5. The van der Waals surface area contributed by atoms with Gasteiger partial charge < -0.3 is 19.8 Å². The van der Waals surface area contributed by atoms with E-state index in [4.69, 9.17) is 9.97 Å². The van der Waals surface area contributed by atoms with Gasteiger partial charge in [-0.25, -0.2) is 4.98 Å². The van der Waals surface area contributed by atoms with Crippen molar-refractivity contribution in [3.8, 4) is 0 Å². The molecule has 4 heterocycles. The Morgan fingerprint density at radius 2 is 1.77 bits per heavy atom. The molecule has 1 fully saturated rings. The molecule has 1 saturated heterocycles. The molecule has 0 unspecified atom stereocenters. The molecule has 0 aliphatic carbocycles. The predicted octanol–water partition coefficient (Wildman–Crippen LogP) is 1.46. The van der Waals surface area contributed by atoms with Crippen LogP contribution in [0.5, 0.6) is 0 Å². The lowest BCUT2D eigenvalue weighted by molar-refractivity contribution is 0.145. The van der Waals surface area contributed by atoms with Crippen molar-refractivity contribution in [1.29, 1.82) is 0 Å². The number of aromatic nitrogens is 3. The number of nitrogens with zero attached hydrogens (tertiary/aromatic N) is 6. The van der Waals surface area contributed by atoms with Crippen LogP contribution in [-0.4, -0.2) is 59.9 Å². The van der Waals surface area contributed by atoms with Crippen LogP contribution < -0.4 is 14.7 Å². The Balaban J connectivity index is 1.70. The molecule has 7 heteroatoms. The maximum atomic E-state index is 9.86. The summed E-state index contributed by atoms with van der Waals surface area (Å²) >= 11 is 0. The summed E-state index contributed by atoms with van der Waals surface area (Å²) in [6.45, 7) is 3.43. The van der Waals surface area contributed by atoms with Crippen molar-refractivity contribution in [2.24, 2.45) is 0 Å². The van der Waals surface area contributed by atoms with Crippen molar-refractivity contribution >= 4 is 17.5 Å². The minimum Gasteiger partial charge on any atom is -0.393 e. The Kier molecular flexibility index (Phi) is 4.63.